The minimum absolute atomic E-state index is 0.0975. The molecule has 0 radical (unpaired) electrons. The second kappa shape index (κ2) is 3.63. The number of nitrogens with zero attached hydrogens (tertiary/aromatic N) is 1. The van der Waals surface area contributed by atoms with E-state index in [2.05, 4.69) is 31.1 Å². The maximum atomic E-state index is 9.23. The molecule has 0 amide bonds. The zero-order valence-corrected chi connectivity index (χ0v) is 10.4. The molecule has 80 valence electrons. The van der Waals surface area contributed by atoms with Gasteiger partial charge in [-0.15, -0.1) is 11.3 Å². The van der Waals surface area contributed by atoms with Crippen LogP contribution < -0.4 is 0 Å². The summed E-state index contributed by atoms with van der Waals surface area (Å²) in [6.07, 6.45) is 0. The fourth-order valence-corrected chi connectivity index (χ4v) is 2.16. The first-order valence-electron chi connectivity index (χ1n) is 4.85. The molecule has 0 spiro atoms. The molecule has 1 heterocycles. The topological polar surface area (TPSA) is 33.1 Å². The zero-order valence-electron chi connectivity index (χ0n) is 9.59. The smallest absolute Gasteiger partial charge is 0.101 e. The van der Waals surface area contributed by atoms with Gasteiger partial charge in [-0.05, 0) is 0 Å². The van der Waals surface area contributed by atoms with Crippen LogP contribution >= 0.6 is 11.3 Å². The Morgan fingerprint density at radius 2 is 1.86 bits per heavy atom. The summed E-state index contributed by atoms with van der Waals surface area (Å²) >= 11 is 1.64. The van der Waals surface area contributed by atoms with E-state index >= 15 is 0 Å². The van der Waals surface area contributed by atoms with Crippen molar-refractivity contribution in [3.8, 4) is 0 Å². The zero-order chi connectivity index (χ0) is 11.0. The summed E-state index contributed by atoms with van der Waals surface area (Å²) in [7, 11) is 0. The summed E-state index contributed by atoms with van der Waals surface area (Å²) in [5.74, 6) is 0. The lowest BCUT2D eigenvalue weighted by atomic mass is 9.92. The van der Waals surface area contributed by atoms with E-state index in [-0.39, 0.29) is 17.4 Å². The van der Waals surface area contributed by atoms with Crippen LogP contribution in [0.15, 0.2) is 5.38 Å². The van der Waals surface area contributed by atoms with Gasteiger partial charge in [0.1, 0.15) is 5.01 Å². The van der Waals surface area contributed by atoms with Crippen molar-refractivity contribution in [3.63, 3.8) is 0 Å². The van der Waals surface area contributed by atoms with Gasteiger partial charge in [-0.2, -0.15) is 0 Å². The van der Waals surface area contributed by atoms with Crippen LogP contribution in [0.4, 0.5) is 0 Å². The third kappa shape index (κ3) is 2.34. The van der Waals surface area contributed by atoms with Crippen molar-refractivity contribution in [2.45, 2.75) is 45.4 Å². The van der Waals surface area contributed by atoms with E-state index in [4.69, 9.17) is 0 Å². The first-order valence-corrected chi connectivity index (χ1v) is 5.73. The average Bonchev–Trinajstić information content (AvgIpc) is 2.51. The van der Waals surface area contributed by atoms with Gasteiger partial charge in [-0.25, -0.2) is 4.98 Å². The summed E-state index contributed by atoms with van der Waals surface area (Å²) in [5.41, 5.74) is 0.994. The van der Waals surface area contributed by atoms with Crippen molar-refractivity contribution in [2.24, 2.45) is 0 Å². The molecule has 1 rings (SSSR count). The molecule has 2 nitrogen and oxygen atoms in total. The SMILES string of the molecule is CC(C)(C)c1csc(C(C)(C)CO)n1. The van der Waals surface area contributed by atoms with E-state index in [0.717, 1.165) is 10.7 Å². The molecule has 0 aliphatic rings. The van der Waals surface area contributed by atoms with Crippen LogP contribution in [0.1, 0.15) is 45.3 Å². The third-order valence-electron chi connectivity index (χ3n) is 2.25. The van der Waals surface area contributed by atoms with E-state index in [1.54, 1.807) is 11.3 Å². The Bertz CT molecular complexity index is 309. The first kappa shape index (κ1) is 11.7. The van der Waals surface area contributed by atoms with Crippen LogP contribution in [0.2, 0.25) is 0 Å². The van der Waals surface area contributed by atoms with Gasteiger partial charge >= 0.3 is 0 Å². The lowest BCUT2D eigenvalue weighted by Gasteiger charge is -2.19. The second-order valence-electron chi connectivity index (χ2n) is 5.33. The lowest BCUT2D eigenvalue weighted by molar-refractivity contribution is 0.218. The van der Waals surface area contributed by atoms with E-state index in [9.17, 15) is 5.11 Å². The molecule has 3 heteroatoms. The Morgan fingerprint density at radius 3 is 2.21 bits per heavy atom. The molecule has 0 saturated heterocycles. The predicted octanol–water partition coefficient (Wildman–Crippen LogP) is 2.71. The molecule has 1 aromatic rings. The van der Waals surface area contributed by atoms with Gasteiger partial charge in [0.2, 0.25) is 0 Å². The molecule has 0 bridgehead atoms. The molecule has 0 unspecified atom stereocenters. The molecule has 0 fully saturated rings. The Hall–Kier alpha value is -0.410. The number of thiazole rings is 1. The van der Waals surface area contributed by atoms with E-state index in [1.165, 1.54) is 0 Å². The van der Waals surface area contributed by atoms with Crippen LogP contribution in [-0.2, 0) is 10.8 Å². The highest BCUT2D eigenvalue weighted by Gasteiger charge is 2.26. The summed E-state index contributed by atoms with van der Waals surface area (Å²) in [5, 5.41) is 12.3. The monoisotopic (exact) mass is 213 g/mol. The average molecular weight is 213 g/mol. The highest BCUT2D eigenvalue weighted by Crippen LogP contribution is 2.30. The summed E-state index contributed by atoms with van der Waals surface area (Å²) in [6, 6.07) is 0. The minimum Gasteiger partial charge on any atom is -0.395 e. The Balaban J connectivity index is 3.00. The van der Waals surface area contributed by atoms with Crippen molar-refractivity contribution in [2.75, 3.05) is 6.61 Å². The number of rotatable bonds is 2. The lowest BCUT2D eigenvalue weighted by Crippen LogP contribution is -2.22. The quantitative estimate of drug-likeness (QED) is 0.819. The van der Waals surface area contributed by atoms with Crippen molar-refractivity contribution < 1.29 is 5.11 Å². The fraction of sp³-hybridized carbons (Fsp3) is 0.727. The van der Waals surface area contributed by atoms with Crippen molar-refractivity contribution in [1.29, 1.82) is 0 Å². The van der Waals surface area contributed by atoms with Crippen LogP contribution in [0.5, 0.6) is 0 Å². The Kier molecular flexibility index (Phi) is 3.02. The highest BCUT2D eigenvalue weighted by atomic mass is 32.1. The number of hydrogen-bond donors (Lipinski definition) is 1. The van der Waals surface area contributed by atoms with Crippen molar-refractivity contribution >= 4 is 11.3 Å². The molecule has 0 aliphatic heterocycles. The van der Waals surface area contributed by atoms with Gasteiger partial charge in [0.25, 0.3) is 0 Å². The number of hydrogen-bond acceptors (Lipinski definition) is 3. The first-order chi connectivity index (χ1) is 6.27. The molecule has 14 heavy (non-hydrogen) atoms. The van der Waals surface area contributed by atoms with Crippen molar-refractivity contribution in [3.05, 3.63) is 16.1 Å². The largest absolute Gasteiger partial charge is 0.395 e. The van der Waals surface area contributed by atoms with Crippen molar-refractivity contribution in [1.82, 2.24) is 4.98 Å². The summed E-state index contributed by atoms with van der Waals surface area (Å²) in [4.78, 5) is 4.58. The number of aliphatic hydroxyl groups is 1. The molecule has 0 atom stereocenters. The van der Waals surface area contributed by atoms with Crippen LogP contribution in [-0.4, -0.2) is 16.7 Å². The number of aliphatic hydroxyl groups excluding tert-OH is 1. The van der Waals surface area contributed by atoms with Crippen LogP contribution in [0.3, 0.4) is 0 Å². The number of aromatic nitrogens is 1. The molecule has 1 N–H and O–H groups in total. The van der Waals surface area contributed by atoms with E-state index in [1.807, 2.05) is 13.8 Å². The van der Waals surface area contributed by atoms with Crippen LogP contribution in [0.25, 0.3) is 0 Å². The van der Waals surface area contributed by atoms with Gasteiger partial charge in [-0.1, -0.05) is 34.6 Å². The predicted molar refractivity (Wildman–Crippen MR) is 60.9 cm³/mol. The molecule has 0 aromatic carbocycles. The highest BCUT2D eigenvalue weighted by molar-refractivity contribution is 7.09. The van der Waals surface area contributed by atoms with Gasteiger partial charge in [0.05, 0.1) is 12.3 Å². The molecular weight excluding hydrogens is 194 g/mol. The third-order valence-corrected chi connectivity index (χ3v) is 3.46. The summed E-state index contributed by atoms with van der Waals surface area (Å²) < 4.78 is 0. The fourth-order valence-electron chi connectivity index (χ4n) is 0.997. The van der Waals surface area contributed by atoms with Gasteiger partial charge in [0, 0.05) is 16.2 Å². The van der Waals surface area contributed by atoms with Gasteiger partial charge < -0.3 is 5.11 Å². The van der Waals surface area contributed by atoms with Gasteiger partial charge in [0.15, 0.2) is 0 Å². The maximum absolute atomic E-state index is 9.23. The van der Waals surface area contributed by atoms with Gasteiger partial charge in [-0.3, -0.25) is 0 Å². The van der Waals surface area contributed by atoms with Crippen LogP contribution in [0, 0.1) is 0 Å². The normalized spacial score (nSPS) is 13.3. The summed E-state index contributed by atoms with van der Waals surface area (Å²) in [6.45, 7) is 10.6. The molecule has 0 saturated carbocycles. The molecule has 0 aliphatic carbocycles. The Morgan fingerprint density at radius 1 is 1.29 bits per heavy atom. The Labute approximate surface area is 90.0 Å². The standard InChI is InChI=1S/C11H19NOS/c1-10(2,3)8-6-14-9(12-8)11(4,5)7-13/h6,13H,7H2,1-5H3. The van der Waals surface area contributed by atoms with E-state index in [0.29, 0.717) is 0 Å². The maximum Gasteiger partial charge on any atom is 0.101 e. The molecular formula is C11H19NOS. The molecule has 1 aromatic heterocycles. The second-order valence-corrected chi connectivity index (χ2v) is 6.19. The minimum atomic E-state index is -0.214. The van der Waals surface area contributed by atoms with E-state index < -0.39 is 0 Å².